The van der Waals surface area contributed by atoms with Crippen molar-refractivity contribution in [2.45, 2.75) is 45.1 Å². The molecule has 2 aromatic heterocycles. The minimum Gasteiger partial charge on any atom is -0.338 e. The maximum atomic E-state index is 15.2. The second kappa shape index (κ2) is 8.93. The number of carbonyl (C=O) groups is 2. The zero-order valence-electron chi connectivity index (χ0n) is 21.5. The molecule has 1 unspecified atom stereocenters. The van der Waals surface area contributed by atoms with Crippen LogP contribution >= 0.6 is 0 Å². The van der Waals surface area contributed by atoms with Gasteiger partial charge in [-0.05, 0) is 79.5 Å². The van der Waals surface area contributed by atoms with Crippen LogP contribution in [0.3, 0.4) is 0 Å². The molecule has 0 aliphatic heterocycles. The number of nitrogens with one attached hydrogen (secondary N) is 3. The maximum absolute atomic E-state index is 15.2. The summed E-state index contributed by atoms with van der Waals surface area (Å²) in [6.45, 7) is 3.91. The number of benzene rings is 2. The van der Waals surface area contributed by atoms with Crippen molar-refractivity contribution in [1.29, 1.82) is 0 Å². The highest BCUT2D eigenvalue weighted by atomic mass is 19.1. The molecular weight excluding hydrogens is 483 g/mol. The molecule has 8 nitrogen and oxygen atoms in total. The number of carbonyl (C=O) groups excluding carboxylic acids is 2. The van der Waals surface area contributed by atoms with E-state index in [1.807, 2.05) is 44.2 Å². The highest BCUT2D eigenvalue weighted by Gasteiger charge is 2.59. The summed E-state index contributed by atoms with van der Waals surface area (Å²) < 4.78 is 16.7. The van der Waals surface area contributed by atoms with Crippen molar-refractivity contribution in [2.24, 2.45) is 12.5 Å². The van der Waals surface area contributed by atoms with Gasteiger partial charge < -0.3 is 10.6 Å². The third-order valence-electron chi connectivity index (χ3n) is 8.07. The molecule has 1 fully saturated rings. The van der Waals surface area contributed by atoms with Crippen molar-refractivity contribution < 1.29 is 14.0 Å². The molecule has 0 radical (unpaired) electrons. The second-order valence-corrected chi connectivity index (χ2v) is 10.5. The van der Waals surface area contributed by atoms with Gasteiger partial charge in [0.15, 0.2) is 0 Å². The smallest absolute Gasteiger partial charge is 0.270 e. The van der Waals surface area contributed by atoms with Gasteiger partial charge in [-0.25, -0.2) is 4.39 Å². The van der Waals surface area contributed by atoms with E-state index in [1.165, 1.54) is 16.9 Å². The Bertz CT molecular complexity index is 1530. The summed E-state index contributed by atoms with van der Waals surface area (Å²) in [6.07, 6.45) is 4.00. The van der Waals surface area contributed by atoms with Crippen molar-refractivity contribution >= 4 is 17.5 Å². The first-order valence-corrected chi connectivity index (χ1v) is 12.8. The van der Waals surface area contributed by atoms with E-state index in [2.05, 4.69) is 25.9 Å². The first kappa shape index (κ1) is 24.1. The molecule has 1 saturated carbocycles. The van der Waals surface area contributed by atoms with Gasteiger partial charge in [-0.2, -0.15) is 10.2 Å². The molecule has 4 aromatic rings. The van der Waals surface area contributed by atoms with Gasteiger partial charge >= 0.3 is 0 Å². The zero-order chi connectivity index (χ0) is 26.6. The Morgan fingerprint density at radius 1 is 1.13 bits per heavy atom. The average molecular weight is 513 g/mol. The number of amides is 2. The van der Waals surface area contributed by atoms with E-state index in [9.17, 15) is 9.59 Å². The number of rotatable bonds is 6. The second-order valence-electron chi connectivity index (χ2n) is 10.5. The van der Waals surface area contributed by atoms with Gasteiger partial charge in [0.1, 0.15) is 17.6 Å². The number of H-pyrrole nitrogens is 1. The number of aryl methyl sites for hydroxylation is 3. The Labute approximate surface area is 219 Å². The van der Waals surface area contributed by atoms with Crippen LogP contribution in [0.15, 0.2) is 54.7 Å². The maximum Gasteiger partial charge on any atom is 0.270 e. The molecule has 2 atom stereocenters. The molecule has 9 heteroatoms. The molecule has 2 aliphatic rings. The third-order valence-corrected chi connectivity index (χ3v) is 8.07. The number of hydrogen-bond donors (Lipinski definition) is 3. The van der Waals surface area contributed by atoms with E-state index in [4.69, 9.17) is 0 Å². The molecule has 38 heavy (non-hydrogen) atoms. The van der Waals surface area contributed by atoms with Crippen molar-refractivity contribution in [1.82, 2.24) is 25.3 Å². The fraction of sp³-hybridized carbons (Fsp3) is 0.310. The lowest BCUT2D eigenvalue weighted by molar-refractivity contribution is -0.118. The zero-order valence-corrected chi connectivity index (χ0v) is 21.5. The number of anilines is 1. The van der Waals surface area contributed by atoms with Gasteiger partial charge in [0, 0.05) is 36.1 Å². The molecule has 2 aliphatic carbocycles. The van der Waals surface area contributed by atoms with E-state index in [0.717, 1.165) is 40.9 Å². The largest absolute Gasteiger partial charge is 0.338 e. The predicted octanol–water partition coefficient (Wildman–Crippen LogP) is 4.42. The Hall–Kier alpha value is -4.27. The average Bonchev–Trinajstić information content (AvgIpc) is 3.20. The van der Waals surface area contributed by atoms with Crippen LogP contribution in [0.4, 0.5) is 10.1 Å². The van der Waals surface area contributed by atoms with Crippen LogP contribution < -0.4 is 10.6 Å². The van der Waals surface area contributed by atoms with E-state index in [0.29, 0.717) is 23.4 Å². The molecule has 3 N–H and O–H groups in total. The van der Waals surface area contributed by atoms with Crippen molar-refractivity contribution in [3.05, 3.63) is 88.8 Å². The lowest BCUT2D eigenvalue weighted by Gasteiger charge is -2.30. The summed E-state index contributed by atoms with van der Waals surface area (Å²) in [4.78, 5) is 27.1. The fourth-order valence-corrected chi connectivity index (χ4v) is 6.08. The van der Waals surface area contributed by atoms with Crippen molar-refractivity contribution in [2.75, 3.05) is 5.32 Å². The number of halogens is 1. The fourth-order valence-electron chi connectivity index (χ4n) is 6.08. The summed E-state index contributed by atoms with van der Waals surface area (Å²) in [5.41, 5.74) is 6.01. The van der Waals surface area contributed by atoms with Crippen LogP contribution in [0, 0.1) is 25.1 Å². The summed E-state index contributed by atoms with van der Waals surface area (Å²) in [7, 11) is 1.67. The molecule has 194 valence electrons. The highest BCUT2D eigenvalue weighted by Crippen LogP contribution is 2.64. The predicted molar refractivity (Wildman–Crippen MR) is 141 cm³/mol. The number of nitrogens with zero attached hydrogens (tertiary/aromatic N) is 3. The minimum atomic E-state index is -0.962. The van der Waals surface area contributed by atoms with Crippen LogP contribution in [0.25, 0.3) is 11.1 Å². The summed E-state index contributed by atoms with van der Waals surface area (Å²) in [6, 6.07) is 13.2. The van der Waals surface area contributed by atoms with E-state index in [1.54, 1.807) is 19.2 Å². The standard InChI is InChI=1S/C29H29FN6O2/c1-16-23(17(2)35-34-16)18-7-9-20(10-8-18)32-28(38)26(33-27(37)22-11-14-31-36(22)3)25-24-19(5-4-6-21(24)30)15-29(25)12-13-29/h4-11,14,25-26H,12-13,15H2,1-3H3,(H,32,38)(H,33,37)(H,34,35)/t25?,26-/m0/s1. The lowest BCUT2D eigenvalue weighted by atomic mass is 9.82. The van der Waals surface area contributed by atoms with Gasteiger partial charge in [-0.15, -0.1) is 0 Å². The normalized spacial score (nSPS) is 17.7. The first-order valence-electron chi connectivity index (χ1n) is 12.8. The molecule has 0 bridgehead atoms. The van der Waals surface area contributed by atoms with E-state index < -0.39 is 17.9 Å². The van der Waals surface area contributed by atoms with E-state index in [-0.39, 0.29) is 17.1 Å². The summed E-state index contributed by atoms with van der Waals surface area (Å²) >= 11 is 0. The number of hydrogen-bond acceptors (Lipinski definition) is 4. The highest BCUT2D eigenvalue weighted by molar-refractivity contribution is 6.01. The summed E-state index contributed by atoms with van der Waals surface area (Å²) in [5, 5.41) is 17.3. The molecular formula is C29H29FN6O2. The van der Waals surface area contributed by atoms with E-state index >= 15 is 4.39 Å². The molecule has 2 amide bonds. The minimum absolute atomic E-state index is 0.230. The lowest BCUT2D eigenvalue weighted by Crippen LogP contribution is -2.49. The Morgan fingerprint density at radius 3 is 2.53 bits per heavy atom. The van der Waals surface area contributed by atoms with Gasteiger partial charge in [-0.3, -0.25) is 19.4 Å². The van der Waals surface area contributed by atoms with Crippen LogP contribution in [-0.4, -0.2) is 37.8 Å². The Balaban J connectivity index is 1.33. The van der Waals surface area contributed by atoms with Gasteiger partial charge in [0.2, 0.25) is 5.91 Å². The van der Waals surface area contributed by atoms with Gasteiger partial charge in [0.05, 0.1) is 5.69 Å². The Morgan fingerprint density at radius 2 is 1.89 bits per heavy atom. The SMILES string of the molecule is Cc1n[nH]c(C)c1-c1ccc(NC(=O)[C@@H](NC(=O)c2ccnn2C)C2c3c(F)cccc3CC23CC3)cc1. The third kappa shape index (κ3) is 3.98. The first-order chi connectivity index (χ1) is 18.3. The Kier molecular flexibility index (Phi) is 5.66. The van der Waals surface area contributed by atoms with Crippen LogP contribution in [-0.2, 0) is 18.3 Å². The van der Waals surface area contributed by atoms with Crippen LogP contribution in [0.2, 0.25) is 0 Å². The topological polar surface area (TPSA) is 105 Å². The number of fused-ring (bicyclic) bond motifs is 1. The molecule has 1 spiro atoms. The molecule has 2 heterocycles. The van der Waals surface area contributed by atoms with Crippen molar-refractivity contribution in [3.8, 4) is 11.1 Å². The molecule has 6 rings (SSSR count). The quantitative estimate of drug-likeness (QED) is 0.356. The van der Waals surface area contributed by atoms with Crippen LogP contribution in [0.5, 0.6) is 0 Å². The van der Waals surface area contributed by atoms with Gasteiger partial charge in [-0.1, -0.05) is 24.3 Å². The number of aromatic amines is 1. The van der Waals surface area contributed by atoms with Crippen LogP contribution in [0.1, 0.15) is 51.8 Å². The monoisotopic (exact) mass is 512 g/mol. The van der Waals surface area contributed by atoms with Crippen molar-refractivity contribution in [3.63, 3.8) is 0 Å². The number of aromatic nitrogens is 4. The molecule has 2 aromatic carbocycles. The molecule has 0 saturated heterocycles. The van der Waals surface area contributed by atoms with Gasteiger partial charge in [0.25, 0.3) is 5.91 Å². The summed E-state index contributed by atoms with van der Waals surface area (Å²) in [5.74, 6) is -1.60.